The van der Waals surface area contributed by atoms with Crippen LogP contribution in [0.1, 0.15) is 23.0 Å². The largest absolute Gasteiger partial charge is 0.493 e. The highest BCUT2D eigenvalue weighted by Gasteiger charge is 2.25. The number of nitrogens with zero attached hydrogens (tertiary/aromatic N) is 5. The number of carbonyl (C=O) groups excluding carboxylic acids is 1. The maximum Gasteiger partial charge on any atom is 0.191 e. The van der Waals surface area contributed by atoms with Crippen LogP contribution in [0.4, 0.5) is 0 Å². The number of hydrogen-bond donors (Lipinski definition) is 0. The molecule has 1 atom stereocenters. The quantitative estimate of drug-likeness (QED) is 0.278. The summed E-state index contributed by atoms with van der Waals surface area (Å²) < 4.78 is 17.9. The zero-order valence-corrected chi connectivity index (χ0v) is 20.5. The van der Waals surface area contributed by atoms with Gasteiger partial charge in [-0.15, -0.1) is 21.5 Å². The Morgan fingerprint density at radius 2 is 2.03 bits per heavy atom. The summed E-state index contributed by atoms with van der Waals surface area (Å²) in [6.45, 7) is 3.02. The fraction of sp³-hybridized carbons (Fsp3) is 0.409. The summed E-state index contributed by atoms with van der Waals surface area (Å²) in [5.41, 5.74) is 1.61. The van der Waals surface area contributed by atoms with Gasteiger partial charge in [-0.05, 0) is 31.5 Å². The summed E-state index contributed by atoms with van der Waals surface area (Å²) >= 11 is 2.58. The molecule has 0 spiro atoms. The molecule has 0 amide bonds. The van der Waals surface area contributed by atoms with E-state index in [9.17, 15) is 10.1 Å². The highest BCUT2D eigenvalue weighted by Crippen LogP contribution is 2.33. The van der Waals surface area contributed by atoms with E-state index in [-0.39, 0.29) is 11.5 Å². The van der Waals surface area contributed by atoms with Crippen molar-refractivity contribution >= 4 is 28.9 Å². The molecule has 2 heterocycles. The van der Waals surface area contributed by atoms with Crippen LogP contribution in [0.3, 0.4) is 0 Å². The minimum atomic E-state index is -0.883. The molecule has 174 valence electrons. The molecule has 33 heavy (non-hydrogen) atoms. The Hall–Kier alpha value is -2.94. The Morgan fingerprint density at radius 1 is 1.24 bits per heavy atom. The van der Waals surface area contributed by atoms with Crippen molar-refractivity contribution in [2.45, 2.75) is 31.0 Å². The molecule has 0 saturated heterocycles. The van der Waals surface area contributed by atoms with E-state index in [0.717, 1.165) is 17.7 Å². The number of benzene rings is 1. The van der Waals surface area contributed by atoms with Crippen molar-refractivity contribution in [2.75, 3.05) is 33.7 Å². The minimum absolute atomic E-state index is 0.0885. The van der Waals surface area contributed by atoms with Gasteiger partial charge < -0.3 is 18.8 Å². The third kappa shape index (κ3) is 5.90. The molecule has 1 aromatic carbocycles. The van der Waals surface area contributed by atoms with E-state index in [1.165, 1.54) is 23.1 Å². The molecule has 0 aliphatic carbocycles. The third-order valence-corrected chi connectivity index (χ3v) is 6.78. The molecule has 0 aliphatic heterocycles. The smallest absolute Gasteiger partial charge is 0.191 e. The molecule has 0 bridgehead atoms. The van der Waals surface area contributed by atoms with Crippen molar-refractivity contribution in [1.29, 1.82) is 5.26 Å². The number of rotatable bonds is 12. The lowest BCUT2D eigenvalue weighted by Crippen LogP contribution is -2.14. The molecular weight excluding hydrogens is 462 g/mol. The highest BCUT2D eigenvalue weighted by atomic mass is 32.2. The summed E-state index contributed by atoms with van der Waals surface area (Å²) in [6, 6.07) is 7.61. The summed E-state index contributed by atoms with van der Waals surface area (Å²) in [5, 5.41) is 21.2. The SMILES string of the molecule is COCCCn1c(SCC(=O)[C@H](C#N)c2nc(C)cs2)nnc1-c1ccc(OC)c(OC)c1. The van der Waals surface area contributed by atoms with Crippen LogP contribution in [-0.2, 0) is 16.1 Å². The van der Waals surface area contributed by atoms with Gasteiger partial charge in [0.1, 0.15) is 5.01 Å². The van der Waals surface area contributed by atoms with Crippen molar-refractivity contribution in [3.63, 3.8) is 0 Å². The van der Waals surface area contributed by atoms with Gasteiger partial charge in [-0.1, -0.05) is 11.8 Å². The second-order valence-corrected chi connectivity index (χ2v) is 8.85. The molecule has 2 aromatic heterocycles. The second kappa shape index (κ2) is 11.8. The summed E-state index contributed by atoms with van der Waals surface area (Å²) in [5.74, 6) is 0.843. The first-order valence-corrected chi connectivity index (χ1v) is 12.0. The lowest BCUT2D eigenvalue weighted by Gasteiger charge is -2.12. The molecule has 0 saturated carbocycles. The van der Waals surface area contributed by atoms with Gasteiger partial charge in [0.05, 0.1) is 26.0 Å². The van der Waals surface area contributed by atoms with Gasteiger partial charge in [-0.25, -0.2) is 4.98 Å². The monoisotopic (exact) mass is 487 g/mol. The molecule has 9 nitrogen and oxygen atoms in total. The zero-order chi connectivity index (χ0) is 23.8. The molecule has 0 radical (unpaired) electrons. The standard InChI is InChI=1S/C22H25N5O4S2/c1-14-12-32-21(24-14)16(11-23)17(28)13-33-22-26-25-20(27(22)8-5-9-29-2)15-6-7-18(30-3)19(10-15)31-4/h6-7,10,12,16H,5,8-9,13H2,1-4H3/t16-/m0/s1. The van der Waals surface area contributed by atoms with E-state index in [4.69, 9.17) is 14.2 Å². The Morgan fingerprint density at radius 3 is 2.67 bits per heavy atom. The lowest BCUT2D eigenvalue weighted by molar-refractivity contribution is -0.116. The molecule has 0 aliphatic rings. The van der Waals surface area contributed by atoms with Crippen LogP contribution in [0, 0.1) is 18.3 Å². The van der Waals surface area contributed by atoms with Crippen LogP contribution in [0.15, 0.2) is 28.7 Å². The van der Waals surface area contributed by atoms with E-state index >= 15 is 0 Å². The van der Waals surface area contributed by atoms with Crippen LogP contribution >= 0.6 is 23.1 Å². The van der Waals surface area contributed by atoms with Crippen molar-refractivity contribution in [1.82, 2.24) is 19.7 Å². The molecule has 0 N–H and O–H groups in total. The van der Waals surface area contributed by atoms with Crippen LogP contribution in [0.5, 0.6) is 11.5 Å². The van der Waals surface area contributed by atoms with Crippen LogP contribution in [-0.4, -0.2) is 59.2 Å². The number of ketones is 1. The van der Waals surface area contributed by atoms with E-state index in [2.05, 4.69) is 21.3 Å². The van der Waals surface area contributed by atoms with E-state index in [1.807, 2.05) is 35.1 Å². The van der Waals surface area contributed by atoms with Crippen LogP contribution < -0.4 is 9.47 Å². The Kier molecular flexibility index (Phi) is 8.82. The summed E-state index contributed by atoms with van der Waals surface area (Å²) in [4.78, 5) is 17.1. The zero-order valence-electron chi connectivity index (χ0n) is 18.9. The predicted octanol–water partition coefficient (Wildman–Crippen LogP) is 3.73. The number of methoxy groups -OCH3 is 3. The number of Topliss-reactive ketones (excluding diaryl/α,β-unsaturated/α-hetero) is 1. The maximum atomic E-state index is 12.8. The number of aromatic nitrogens is 4. The topological polar surface area (TPSA) is 112 Å². The molecular formula is C22H25N5O4S2. The van der Waals surface area contributed by atoms with E-state index in [1.54, 1.807) is 21.3 Å². The van der Waals surface area contributed by atoms with E-state index < -0.39 is 5.92 Å². The molecule has 3 rings (SSSR count). The number of aryl methyl sites for hydroxylation is 1. The first-order chi connectivity index (χ1) is 16.0. The number of carbonyl (C=O) groups is 1. The number of hydrogen-bond acceptors (Lipinski definition) is 10. The maximum absolute atomic E-state index is 12.8. The number of thioether (sulfide) groups is 1. The number of nitriles is 1. The predicted molar refractivity (Wildman–Crippen MR) is 126 cm³/mol. The highest BCUT2D eigenvalue weighted by molar-refractivity contribution is 7.99. The molecule has 11 heteroatoms. The Balaban J connectivity index is 1.84. The molecule has 3 aromatic rings. The third-order valence-electron chi connectivity index (χ3n) is 4.77. The fourth-order valence-electron chi connectivity index (χ4n) is 3.14. The average molecular weight is 488 g/mol. The first-order valence-electron chi connectivity index (χ1n) is 10.1. The van der Waals surface area contributed by atoms with Gasteiger partial charge in [0.25, 0.3) is 0 Å². The average Bonchev–Trinajstić information content (AvgIpc) is 3.44. The lowest BCUT2D eigenvalue weighted by atomic mass is 10.1. The van der Waals surface area contributed by atoms with Gasteiger partial charge in [0.15, 0.2) is 34.2 Å². The summed E-state index contributed by atoms with van der Waals surface area (Å²) in [7, 11) is 4.81. The van der Waals surface area contributed by atoms with Crippen molar-refractivity contribution < 1.29 is 19.0 Å². The number of ether oxygens (including phenoxy) is 3. The first kappa shape index (κ1) is 24.7. The van der Waals surface area contributed by atoms with Gasteiger partial charge in [-0.3, -0.25) is 4.79 Å². The second-order valence-electron chi connectivity index (χ2n) is 7.02. The van der Waals surface area contributed by atoms with Gasteiger partial charge in [0.2, 0.25) is 0 Å². The van der Waals surface area contributed by atoms with Gasteiger partial charge in [-0.2, -0.15) is 5.26 Å². The molecule has 0 fully saturated rings. The summed E-state index contributed by atoms with van der Waals surface area (Å²) in [6.07, 6.45) is 0.746. The van der Waals surface area contributed by atoms with Crippen LogP contribution in [0.2, 0.25) is 0 Å². The van der Waals surface area contributed by atoms with Crippen molar-refractivity contribution in [3.8, 4) is 29.0 Å². The Bertz CT molecular complexity index is 1140. The van der Waals surface area contributed by atoms with Crippen molar-refractivity contribution in [3.05, 3.63) is 34.3 Å². The normalized spacial score (nSPS) is 11.7. The number of thiazole rings is 1. The van der Waals surface area contributed by atoms with Crippen LogP contribution in [0.25, 0.3) is 11.4 Å². The van der Waals surface area contributed by atoms with Crippen molar-refractivity contribution in [2.24, 2.45) is 0 Å². The fourth-order valence-corrected chi connectivity index (χ4v) is 4.87. The molecule has 0 unspecified atom stereocenters. The van der Waals surface area contributed by atoms with E-state index in [0.29, 0.717) is 40.6 Å². The Labute approximate surface area is 200 Å². The van der Waals surface area contributed by atoms with Gasteiger partial charge in [0, 0.05) is 36.9 Å². The minimum Gasteiger partial charge on any atom is -0.493 e. The van der Waals surface area contributed by atoms with Gasteiger partial charge >= 0.3 is 0 Å².